The zero-order valence-electron chi connectivity index (χ0n) is 16.0. The van der Waals surface area contributed by atoms with Gasteiger partial charge in [-0.15, -0.1) is 0 Å². The molecule has 0 amide bonds. The molecule has 0 spiro atoms. The second kappa shape index (κ2) is 8.81. The summed E-state index contributed by atoms with van der Waals surface area (Å²) in [5.41, 5.74) is 1.14. The third kappa shape index (κ3) is 4.15. The number of hydrazone groups is 1. The number of benzene rings is 1. The molecule has 1 fully saturated rings. The van der Waals surface area contributed by atoms with E-state index in [2.05, 4.69) is 15.1 Å². The molecule has 7 nitrogen and oxygen atoms in total. The van der Waals surface area contributed by atoms with Crippen LogP contribution in [0.25, 0.3) is 5.69 Å². The Bertz CT molecular complexity index is 1190. The number of nitrogens with one attached hydrogen (secondary N) is 1. The average molecular weight is 442 g/mol. The van der Waals surface area contributed by atoms with Crippen molar-refractivity contribution in [3.63, 3.8) is 0 Å². The van der Waals surface area contributed by atoms with Gasteiger partial charge in [0.2, 0.25) is 5.88 Å². The number of piperidine rings is 1. The zero-order chi connectivity index (χ0) is 21.1. The first-order valence-electron chi connectivity index (χ1n) is 9.59. The second-order valence-electron chi connectivity index (χ2n) is 7.02. The monoisotopic (exact) mass is 441 g/mol. The summed E-state index contributed by atoms with van der Waals surface area (Å²) in [7, 11) is 0. The van der Waals surface area contributed by atoms with Crippen LogP contribution in [0.1, 0.15) is 36.4 Å². The normalized spacial score (nSPS) is 16.8. The molecule has 3 aromatic rings. The first-order valence-corrected chi connectivity index (χ1v) is 10.4. The van der Waals surface area contributed by atoms with E-state index in [1.165, 1.54) is 10.8 Å². The van der Waals surface area contributed by atoms with Crippen molar-refractivity contribution >= 4 is 30.0 Å². The van der Waals surface area contributed by atoms with Crippen LogP contribution in [-0.2, 0) is 0 Å². The van der Waals surface area contributed by atoms with Crippen LogP contribution in [-0.4, -0.2) is 37.4 Å². The predicted octanol–water partition coefficient (Wildman–Crippen LogP) is 4.21. The van der Waals surface area contributed by atoms with Crippen molar-refractivity contribution in [1.82, 2.24) is 19.5 Å². The van der Waals surface area contributed by atoms with Gasteiger partial charge in [0.1, 0.15) is 5.56 Å². The number of rotatable bonds is 4. The predicted molar refractivity (Wildman–Crippen MR) is 119 cm³/mol. The van der Waals surface area contributed by atoms with Crippen molar-refractivity contribution in [2.24, 2.45) is 5.10 Å². The molecule has 9 heteroatoms. The molecule has 0 saturated carbocycles. The summed E-state index contributed by atoms with van der Waals surface area (Å²) in [5, 5.41) is 17.8. The molecule has 1 saturated heterocycles. The van der Waals surface area contributed by atoms with Gasteiger partial charge >= 0.3 is 0 Å². The van der Waals surface area contributed by atoms with Gasteiger partial charge in [0.25, 0.3) is 5.56 Å². The third-order valence-electron chi connectivity index (χ3n) is 5.07. The summed E-state index contributed by atoms with van der Waals surface area (Å²) in [4.78, 5) is 19.3. The zero-order valence-corrected chi connectivity index (χ0v) is 17.6. The Morgan fingerprint density at radius 3 is 2.93 bits per heavy atom. The highest BCUT2D eigenvalue weighted by atomic mass is 35.5. The molecule has 0 unspecified atom stereocenters. The lowest BCUT2D eigenvalue weighted by atomic mass is 9.98. The number of nitrogens with zero attached hydrogens (tertiary/aromatic N) is 4. The number of aromatic hydroxyl groups is 1. The minimum Gasteiger partial charge on any atom is -0.494 e. The average Bonchev–Trinajstić information content (AvgIpc) is 2.74. The van der Waals surface area contributed by atoms with Crippen molar-refractivity contribution in [2.75, 3.05) is 6.54 Å². The van der Waals surface area contributed by atoms with Crippen molar-refractivity contribution in [3.8, 4) is 11.6 Å². The fourth-order valence-corrected chi connectivity index (χ4v) is 4.08. The van der Waals surface area contributed by atoms with Gasteiger partial charge in [0.15, 0.2) is 4.77 Å². The molecule has 2 N–H and O–H groups in total. The number of hydrogen-bond acceptors (Lipinski definition) is 6. The molecule has 4 rings (SSSR count). The Labute approximate surface area is 183 Å². The summed E-state index contributed by atoms with van der Waals surface area (Å²) < 4.78 is 1.43. The van der Waals surface area contributed by atoms with Crippen molar-refractivity contribution in [1.29, 1.82) is 0 Å². The fourth-order valence-electron chi connectivity index (χ4n) is 3.61. The summed E-state index contributed by atoms with van der Waals surface area (Å²) in [6.45, 7) is 0.752. The van der Waals surface area contributed by atoms with Gasteiger partial charge in [0, 0.05) is 24.0 Å². The maximum Gasteiger partial charge on any atom is 0.264 e. The third-order valence-corrected chi connectivity index (χ3v) is 5.59. The molecule has 1 aliphatic rings. The Kier molecular flexibility index (Phi) is 5.96. The lowest BCUT2D eigenvalue weighted by Gasteiger charge is -2.33. The van der Waals surface area contributed by atoms with Crippen LogP contribution in [0.3, 0.4) is 0 Å². The van der Waals surface area contributed by atoms with Gasteiger partial charge in [-0.2, -0.15) is 5.10 Å². The molecular weight excluding hydrogens is 422 g/mol. The molecule has 3 heterocycles. The molecule has 0 aliphatic carbocycles. The quantitative estimate of drug-likeness (QED) is 0.468. The standard InChI is InChI=1S/C21H20ClN5O2S/c22-15-6-3-7-16(11-15)27-20(29)17(19(28)25-21(27)30)13-24-26-10-2-1-8-18(26)14-5-4-9-23-12-14/h3-7,9,11-13,18,29H,1-2,8,10H2,(H,25,28,30)/t18-/m1/s1. The van der Waals surface area contributed by atoms with E-state index in [0.29, 0.717) is 10.7 Å². The van der Waals surface area contributed by atoms with Gasteiger partial charge in [0.05, 0.1) is 17.9 Å². The van der Waals surface area contributed by atoms with Crippen LogP contribution >= 0.6 is 23.8 Å². The summed E-state index contributed by atoms with van der Waals surface area (Å²) >= 11 is 11.3. The molecule has 154 valence electrons. The lowest BCUT2D eigenvalue weighted by molar-refractivity contribution is 0.156. The summed E-state index contributed by atoms with van der Waals surface area (Å²) in [6.07, 6.45) is 8.00. The van der Waals surface area contributed by atoms with E-state index in [1.54, 1.807) is 30.5 Å². The van der Waals surface area contributed by atoms with E-state index >= 15 is 0 Å². The lowest BCUT2D eigenvalue weighted by Crippen LogP contribution is -2.29. The molecule has 1 aromatic carbocycles. The Hall–Kier alpha value is -2.97. The Balaban J connectivity index is 1.72. The van der Waals surface area contributed by atoms with E-state index in [-0.39, 0.29) is 22.3 Å². The molecule has 0 bridgehead atoms. The largest absolute Gasteiger partial charge is 0.494 e. The van der Waals surface area contributed by atoms with E-state index in [1.807, 2.05) is 23.3 Å². The summed E-state index contributed by atoms with van der Waals surface area (Å²) in [5.74, 6) is -0.287. The van der Waals surface area contributed by atoms with Crippen molar-refractivity contribution in [2.45, 2.75) is 25.3 Å². The van der Waals surface area contributed by atoms with Crippen LogP contribution < -0.4 is 5.56 Å². The molecule has 1 aliphatic heterocycles. The van der Waals surface area contributed by atoms with Crippen molar-refractivity contribution < 1.29 is 5.11 Å². The number of pyridine rings is 1. The van der Waals surface area contributed by atoms with E-state index < -0.39 is 5.56 Å². The Morgan fingerprint density at radius 2 is 2.17 bits per heavy atom. The first kappa shape index (κ1) is 20.3. The van der Waals surface area contributed by atoms with Gasteiger partial charge in [-0.1, -0.05) is 23.7 Å². The molecule has 2 aromatic heterocycles. The van der Waals surface area contributed by atoms with Crippen LogP contribution in [0, 0.1) is 4.77 Å². The second-order valence-corrected chi connectivity index (χ2v) is 7.84. The van der Waals surface area contributed by atoms with Gasteiger partial charge in [-0.3, -0.25) is 24.3 Å². The first-order chi connectivity index (χ1) is 14.5. The van der Waals surface area contributed by atoms with E-state index in [4.69, 9.17) is 23.8 Å². The highest BCUT2D eigenvalue weighted by Gasteiger charge is 2.23. The van der Waals surface area contributed by atoms with Crippen LogP contribution in [0.15, 0.2) is 58.7 Å². The molecule has 0 radical (unpaired) electrons. The highest BCUT2D eigenvalue weighted by Crippen LogP contribution is 2.30. The minimum atomic E-state index is -0.505. The SMILES string of the molecule is O=c1[nH]c(=S)n(-c2cccc(Cl)c2)c(O)c1C=NN1CCCC[C@@H]1c1cccnc1. The van der Waals surface area contributed by atoms with Crippen LogP contribution in [0.5, 0.6) is 5.88 Å². The number of aromatic nitrogens is 3. The maximum atomic E-state index is 12.5. The molecular formula is C21H20ClN5O2S. The van der Waals surface area contributed by atoms with Gasteiger partial charge in [-0.05, 0) is 61.3 Å². The van der Waals surface area contributed by atoms with Gasteiger partial charge < -0.3 is 5.11 Å². The van der Waals surface area contributed by atoms with Crippen molar-refractivity contribution in [3.05, 3.63) is 80.1 Å². The van der Waals surface area contributed by atoms with E-state index in [9.17, 15) is 9.90 Å². The minimum absolute atomic E-state index is 0.0269. The number of H-pyrrole nitrogens is 1. The van der Waals surface area contributed by atoms with Crippen LogP contribution in [0.2, 0.25) is 5.02 Å². The smallest absolute Gasteiger partial charge is 0.264 e. The topological polar surface area (TPSA) is 86.5 Å². The number of halogens is 1. The Morgan fingerprint density at radius 1 is 1.30 bits per heavy atom. The fraction of sp³-hybridized carbons (Fsp3) is 0.238. The summed E-state index contributed by atoms with van der Waals surface area (Å²) in [6, 6.07) is 10.8. The van der Waals surface area contributed by atoms with Gasteiger partial charge in [-0.25, -0.2) is 0 Å². The molecule has 1 atom stereocenters. The maximum absolute atomic E-state index is 12.5. The van der Waals surface area contributed by atoms with Crippen LogP contribution in [0.4, 0.5) is 0 Å². The van der Waals surface area contributed by atoms with E-state index in [0.717, 1.165) is 31.4 Å². The number of hydrogen-bond donors (Lipinski definition) is 2. The highest BCUT2D eigenvalue weighted by molar-refractivity contribution is 7.71. The molecule has 30 heavy (non-hydrogen) atoms. The number of aromatic amines is 1.